The molecule has 0 aromatic carbocycles. The van der Waals surface area contributed by atoms with Gasteiger partial charge in [-0.1, -0.05) is 0 Å². The van der Waals surface area contributed by atoms with Crippen LogP contribution < -0.4 is 5.32 Å². The fraction of sp³-hybridized carbons (Fsp3) is 0.500. The molecule has 0 bridgehead atoms. The highest BCUT2D eigenvalue weighted by atomic mass is 19.4. The predicted octanol–water partition coefficient (Wildman–Crippen LogP) is 1.08. The number of alkyl halides is 3. The maximum Gasteiger partial charge on any atom is 0.471 e. The Kier molecular flexibility index (Phi) is 3.33. The van der Waals surface area contributed by atoms with Crippen LogP contribution >= 0.6 is 0 Å². The predicted molar refractivity (Wildman–Crippen MR) is 45.8 cm³/mol. The van der Waals surface area contributed by atoms with Crippen LogP contribution in [0.4, 0.5) is 13.2 Å². The number of aryl methyl sites for hydroxylation is 1. The van der Waals surface area contributed by atoms with Crippen molar-refractivity contribution in [1.82, 2.24) is 14.9 Å². The van der Waals surface area contributed by atoms with Crippen LogP contribution in [0, 0.1) is 0 Å². The van der Waals surface area contributed by atoms with Gasteiger partial charge in [0.2, 0.25) is 0 Å². The van der Waals surface area contributed by atoms with Crippen LogP contribution in [0.5, 0.6) is 0 Å². The van der Waals surface area contributed by atoms with Crippen molar-refractivity contribution in [2.45, 2.75) is 26.2 Å². The molecule has 15 heavy (non-hydrogen) atoms. The van der Waals surface area contributed by atoms with Gasteiger partial charge in [0.1, 0.15) is 5.82 Å². The SMILES string of the molecule is CCn1ccnc1CNC(=O)C(F)(F)F. The number of imidazole rings is 1. The molecule has 0 aliphatic rings. The zero-order chi connectivity index (χ0) is 11.5. The lowest BCUT2D eigenvalue weighted by Gasteiger charge is -2.08. The van der Waals surface area contributed by atoms with E-state index in [2.05, 4.69) is 4.98 Å². The molecule has 0 aliphatic heterocycles. The molecule has 1 N–H and O–H groups in total. The summed E-state index contributed by atoms with van der Waals surface area (Å²) in [5.74, 6) is -1.55. The summed E-state index contributed by atoms with van der Waals surface area (Å²) in [5, 5.41) is 1.75. The van der Waals surface area contributed by atoms with Crippen molar-refractivity contribution < 1.29 is 18.0 Å². The van der Waals surface area contributed by atoms with Crippen molar-refractivity contribution in [2.75, 3.05) is 0 Å². The van der Waals surface area contributed by atoms with Crippen molar-refractivity contribution in [3.63, 3.8) is 0 Å². The van der Waals surface area contributed by atoms with E-state index in [1.807, 2.05) is 6.92 Å². The number of hydrogen-bond acceptors (Lipinski definition) is 2. The Balaban J connectivity index is 2.54. The van der Waals surface area contributed by atoms with E-state index in [4.69, 9.17) is 0 Å². The minimum atomic E-state index is -4.84. The summed E-state index contributed by atoms with van der Waals surface area (Å²) in [7, 11) is 0. The van der Waals surface area contributed by atoms with Gasteiger partial charge in [-0.25, -0.2) is 4.98 Å². The number of aromatic nitrogens is 2. The summed E-state index contributed by atoms with van der Waals surface area (Å²) < 4.78 is 37.1. The Labute approximate surface area is 84.1 Å². The largest absolute Gasteiger partial charge is 0.471 e. The summed E-state index contributed by atoms with van der Waals surface area (Å²) in [6.07, 6.45) is -1.74. The first-order chi connectivity index (χ1) is 6.95. The summed E-state index contributed by atoms with van der Waals surface area (Å²) >= 11 is 0. The maximum absolute atomic E-state index is 11.8. The van der Waals surface area contributed by atoms with Crippen molar-refractivity contribution >= 4 is 5.91 Å². The molecule has 0 atom stereocenters. The minimum Gasteiger partial charge on any atom is -0.341 e. The number of carbonyl (C=O) groups excluding carboxylic acids is 1. The molecule has 0 spiro atoms. The molecular weight excluding hydrogens is 211 g/mol. The Morgan fingerprint density at radius 2 is 2.27 bits per heavy atom. The standard InChI is InChI=1S/C8H10F3N3O/c1-2-14-4-3-12-6(14)5-13-7(15)8(9,10)11/h3-4H,2,5H2,1H3,(H,13,15). The number of rotatable bonds is 3. The quantitative estimate of drug-likeness (QED) is 0.830. The molecule has 1 rings (SSSR count). The van der Waals surface area contributed by atoms with E-state index in [0.717, 1.165) is 0 Å². The summed E-state index contributed by atoms with van der Waals surface area (Å²) in [6, 6.07) is 0. The van der Waals surface area contributed by atoms with Crippen LogP contribution in [0.3, 0.4) is 0 Å². The number of halogens is 3. The first-order valence-electron chi connectivity index (χ1n) is 4.30. The van der Waals surface area contributed by atoms with Crippen LogP contribution in [0.25, 0.3) is 0 Å². The van der Waals surface area contributed by atoms with Gasteiger partial charge >= 0.3 is 12.1 Å². The Morgan fingerprint density at radius 3 is 2.80 bits per heavy atom. The fourth-order valence-corrected chi connectivity index (χ4v) is 1.05. The zero-order valence-electron chi connectivity index (χ0n) is 8.01. The van der Waals surface area contributed by atoms with E-state index < -0.39 is 12.1 Å². The third kappa shape index (κ3) is 2.97. The highest BCUT2D eigenvalue weighted by Gasteiger charge is 2.38. The van der Waals surface area contributed by atoms with Crippen LogP contribution in [0.2, 0.25) is 0 Å². The third-order valence-electron chi connectivity index (χ3n) is 1.81. The first-order valence-corrected chi connectivity index (χ1v) is 4.30. The first kappa shape index (κ1) is 11.5. The van der Waals surface area contributed by atoms with Crippen LogP contribution in [-0.4, -0.2) is 21.6 Å². The molecule has 1 amide bonds. The van der Waals surface area contributed by atoms with E-state index in [9.17, 15) is 18.0 Å². The topological polar surface area (TPSA) is 46.9 Å². The van der Waals surface area contributed by atoms with Crippen molar-refractivity contribution in [2.24, 2.45) is 0 Å². The maximum atomic E-state index is 11.8. The van der Waals surface area contributed by atoms with Gasteiger partial charge in [0.25, 0.3) is 0 Å². The molecule has 0 radical (unpaired) electrons. The van der Waals surface area contributed by atoms with Crippen molar-refractivity contribution in [3.8, 4) is 0 Å². The molecular formula is C8H10F3N3O. The van der Waals surface area contributed by atoms with E-state index in [-0.39, 0.29) is 6.54 Å². The molecule has 0 unspecified atom stereocenters. The average molecular weight is 221 g/mol. The number of nitrogens with zero attached hydrogens (tertiary/aromatic N) is 2. The third-order valence-corrected chi connectivity index (χ3v) is 1.81. The monoisotopic (exact) mass is 221 g/mol. The molecule has 7 heteroatoms. The molecule has 0 aliphatic carbocycles. The van der Waals surface area contributed by atoms with Crippen molar-refractivity contribution in [3.05, 3.63) is 18.2 Å². The van der Waals surface area contributed by atoms with Gasteiger partial charge in [0.05, 0.1) is 6.54 Å². The Morgan fingerprint density at radius 1 is 1.60 bits per heavy atom. The lowest BCUT2D eigenvalue weighted by molar-refractivity contribution is -0.173. The molecule has 0 saturated heterocycles. The number of carbonyl (C=O) groups is 1. The second-order valence-electron chi connectivity index (χ2n) is 2.81. The fourth-order valence-electron chi connectivity index (χ4n) is 1.05. The zero-order valence-corrected chi connectivity index (χ0v) is 8.01. The van der Waals surface area contributed by atoms with Crippen LogP contribution in [-0.2, 0) is 17.9 Å². The Hall–Kier alpha value is -1.53. The molecule has 4 nitrogen and oxygen atoms in total. The van der Waals surface area contributed by atoms with Crippen LogP contribution in [0.1, 0.15) is 12.7 Å². The lowest BCUT2D eigenvalue weighted by Crippen LogP contribution is -2.36. The van der Waals surface area contributed by atoms with E-state index in [0.29, 0.717) is 12.4 Å². The minimum absolute atomic E-state index is 0.223. The van der Waals surface area contributed by atoms with Gasteiger partial charge < -0.3 is 9.88 Å². The second-order valence-corrected chi connectivity index (χ2v) is 2.81. The van der Waals surface area contributed by atoms with Crippen molar-refractivity contribution in [1.29, 1.82) is 0 Å². The molecule has 0 fully saturated rings. The number of amides is 1. The number of hydrogen-bond donors (Lipinski definition) is 1. The lowest BCUT2D eigenvalue weighted by atomic mass is 10.5. The highest BCUT2D eigenvalue weighted by Crippen LogP contribution is 2.14. The molecule has 0 saturated carbocycles. The van der Waals surface area contributed by atoms with Crippen LogP contribution in [0.15, 0.2) is 12.4 Å². The van der Waals surface area contributed by atoms with Gasteiger partial charge in [-0.3, -0.25) is 4.79 Å². The normalized spacial score (nSPS) is 11.5. The van der Waals surface area contributed by atoms with Gasteiger partial charge in [-0.15, -0.1) is 0 Å². The van der Waals surface area contributed by atoms with Gasteiger partial charge in [0.15, 0.2) is 0 Å². The van der Waals surface area contributed by atoms with Gasteiger partial charge in [-0.2, -0.15) is 13.2 Å². The molecule has 1 aromatic heterocycles. The number of nitrogens with one attached hydrogen (secondary N) is 1. The molecule has 84 valence electrons. The van der Waals surface area contributed by atoms with E-state index >= 15 is 0 Å². The molecule has 1 heterocycles. The summed E-state index contributed by atoms with van der Waals surface area (Å²) in [5.41, 5.74) is 0. The second kappa shape index (κ2) is 4.33. The summed E-state index contributed by atoms with van der Waals surface area (Å²) in [6.45, 7) is 2.20. The highest BCUT2D eigenvalue weighted by molar-refractivity contribution is 5.81. The summed E-state index contributed by atoms with van der Waals surface area (Å²) in [4.78, 5) is 14.3. The average Bonchev–Trinajstić information content (AvgIpc) is 2.59. The van der Waals surface area contributed by atoms with E-state index in [1.165, 1.54) is 6.20 Å². The molecule has 1 aromatic rings. The van der Waals surface area contributed by atoms with Gasteiger partial charge in [0, 0.05) is 18.9 Å². The van der Waals surface area contributed by atoms with Gasteiger partial charge in [-0.05, 0) is 6.92 Å². The Bertz CT molecular complexity index is 345. The van der Waals surface area contributed by atoms with E-state index in [1.54, 1.807) is 16.1 Å². The smallest absolute Gasteiger partial charge is 0.341 e.